The monoisotopic (exact) mass is 483 g/mol. The van der Waals surface area contributed by atoms with Gasteiger partial charge in [0.15, 0.2) is 17.3 Å². The molecule has 1 fully saturated rings. The highest BCUT2D eigenvalue weighted by Crippen LogP contribution is 2.28. The zero-order valence-electron chi connectivity index (χ0n) is 19.0. The number of carbonyl (C=O) groups is 2. The molecular weight excluding hydrogens is 460 g/mol. The first-order chi connectivity index (χ1) is 16.9. The molecule has 3 heterocycles. The van der Waals surface area contributed by atoms with Gasteiger partial charge >= 0.3 is 0 Å². The molecule has 1 aromatic heterocycles. The zero-order valence-corrected chi connectivity index (χ0v) is 19.0. The third-order valence-corrected chi connectivity index (χ3v) is 6.29. The van der Waals surface area contributed by atoms with Gasteiger partial charge in [0.2, 0.25) is 0 Å². The summed E-state index contributed by atoms with van der Waals surface area (Å²) in [5, 5.41) is 8.22. The summed E-state index contributed by atoms with van der Waals surface area (Å²) in [6.45, 7) is 1.76. The first kappa shape index (κ1) is 22.9. The largest absolute Gasteiger partial charge is 0.494 e. The van der Waals surface area contributed by atoms with Crippen molar-refractivity contribution in [1.29, 1.82) is 0 Å². The Hall–Kier alpha value is -3.86. The Kier molecular flexibility index (Phi) is 6.16. The maximum absolute atomic E-state index is 14.0. The summed E-state index contributed by atoms with van der Waals surface area (Å²) in [5.41, 5.74) is 1.85. The van der Waals surface area contributed by atoms with Crippen LogP contribution < -0.4 is 4.74 Å². The van der Waals surface area contributed by atoms with Gasteiger partial charge in [-0.2, -0.15) is 0 Å². The van der Waals surface area contributed by atoms with E-state index in [0.717, 1.165) is 11.6 Å². The van der Waals surface area contributed by atoms with Crippen LogP contribution in [0.2, 0.25) is 0 Å². The van der Waals surface area contributed by atoms with Crippen LogP contribution in [0.3, 0.4) is 0 Å². The van der Waals surface area contributed by atoms with E-state index in [-0.39, 0.29) is 47.3 Å². The fourth-order valence-electron chi connectivity index (χ4n) is 4.30. The van der Waals surface area contributed by atoms with Gasteiger partial charge in [-0.25, -0.2) is 13.5 Å². The van der Waals surface area contributed by atoms with Crippen molar-refractivity contribution in [3.63, 3.8) is 0 Å². The molecule has 2 aliphatic rings. The van der Waals surface area contributed by atoms with Gasteiger partial charge < -0.3 is 19.3 Å². The fourth-order valence-corrected chi connectivity index (χ4v) is 4.30. The summed E-state index contributed by atoms with van der Waals surface area (Å²) in [4.78, 5) is 29.1. The van der Waals surface area contributed by atoms with Crippen LogP contribution in [0.4, 0.5) is 8.78 Å². The maximum atomic E-state index is 14.0. The number of nitrogens with zero attached hydrogens (tertiary/aromatic N) is 5. The fraction of sp³-hybridized carbons (Fsp3) is 0.333. The minimum atomic E-state index is -0.604. The van der Waals surface area contributed by atoms with Crippen LogP contribution in [0.15, 0.2) is 42.5 Å². The number of aromatic nitrogens is 3. The van der Waals surface area contributed by atoms with Crippen LogP contribution in [0.1, 0.15) is 38.2 Å². The summed E-state index contributed by atoms with van der Waals surface area (Å²) in [6.07, 6.45) is -0.315. The standard InChI is InChI=1S/C24H23F2N5O4/c1-34-20-7-4-16(12-18(20)26)23(32)29-8-10-30(11-9-29)24(33)22-19-14-35-21(13-31(19)28-27-22)15-2-5-17(25)6-3-15/h2-7,12,21H,8-11,13-14H2,1H3. The normalized spacial score (nSPS) is 17.7. The predicted octanol–water partition coefficient (Wildman–Crippen LogP) is 2.43. The third kappa shape index (κ3) is 4.46. The Morgan fingerprint density at radius 1 is 1.00 bits per heavy atom. The van der Waals surface area contributed by atoms with E-state index in [4.69, 9.17) is 9.47 Å². The lowest BCUT2D eigenvalue weighted by Crippen LogP contribution is -2.50. The topological polar surface area (TPSA) is 89.8 Å². The number of rotatable bonds is 4. The number of ether oxygens (including phenoxy) is 2. The Bertz CT molecular complexity index is 1260. The molecule has 1 saturated heterocycles. The third-order valence-electron chi connectivity index (χ3n) is 6.29. The number of carbonyl (C=O) groups excluding carboxylic acids is 2. The number of fused-ring (bicyclic) bond motifs is 1. The second-order valence-corrected chi connectivity index (χ2v) is 8.35. The van der Waals surface area contributed by atoms with Crippen molar-refractivity contribution in [3.8, 4) is 5.75 Å². The molecule has 0 spiro atoms. The first-order valence-electron chi connectivity index (χ1n) is 11.2. The van der Waals surface area contributed by atoms with Crippen LogP contribution >= 0.6 is 0 Å². The van der Waals surface area contributed by atoms with Gasteiger partial charge in [0.25, 0.3) is 11.8 Å². The van der Waals surface area contributed by atoms with Gasteiger partial charge in [0.05, 0.1) is 26.0 Å². The lowest BCUT2D eigenvalue weighted by molar-refractivity contribution is -0.00206. The molecule has 35 heavy (non-hydrogen) atoms. The molecule has 0 bridgehead atoms. The minimum Gasteiger partial charge on any atom is -0.494 e. The molecule has 3 aromatic rings. The zero-order chi connectivity index (χ0) is 24.5. The molecule has 0 N–H and O–H groups in total. The lowest BCUT2D eigenvalue weighted by Gasteiger charge is -2.34. The van der Waals surface area contributed by atoms with Gasteiger partial charge in [-0.15, -0.1) is 5.10 Å². The van der Waals surface area contributed by atoms with Crippen LogP contribution in [-0.2, 0) is 17.9 Å². The van der Waals surface area contributed by atoms with Crippen LogP contribution in [-0.4, -0.2) is 69.9 Å². The van der Waals surface area contributed by atoms with Gasteiger partial charge in [-0.05, 0) is 35.9 Å². The number of benzene rings is 2. The van der Waals surface area contributed by atoms with E-state index in [1.54, 1.807) is 26.6 Å². The highest BCUT2D eigenvalue weighted by molar-refractivity contribution is 5.95. The smallest absolute Gasteiger partial charge is 0.276 e. The summed E-state index contributed by atoms with van der Waals surface area (Å²) in [7, 11) is 1.36. The van der Waals surface area contributed by atoms with Crippen molar-refractivity contribution in [2.45, 2.75) is 19.3 Å². The number of halogens is 2. The molecule has 182 valence electrons. The van der Waals surface area contributed by atoms with Crippen molar-refractivity contribution in [2.75, 3.05) is 33.3 Å². The van der Waals surface area contributed by atoms with E-state index in [9.17, 15) is 18.4 Å². The summed E-state index contributed by atoms with van der Waals surface area (Å²) in [5.74, 6) is -1.44. The van der Waals surface area contributed by atoms with E-state index in [2.05, 4.69) is 10.3 Å². The number of amides is 2. The van der Waals surface area contributed by atoms with Crippen molar-refractivity contribution in [3.05, 3.63) is 76.6 Å². The van der Waals surface area contributed by atoms with Gasteiger partial charge in [0.1, 0.15) is 11.9 Å². The molecular formula is C24H23F2N5O4. The highest BCUT2D eigenvalue weighted by atomic mass is 19.1. The Balaban J connectivity index is 1.22. The average molecular weight is 483 g/mol. The molecule has 0 radical (unpaired) electrons. The van der Waals surface area contributed by atoms with Crippen molar-refractivity contribution < 1.29 is 27.8 Å². The van der Waals surface area contributed by atoms with E-state index >= 15 is 0 Å². The SMILES string of the molecule is COc1ccc(C(=O)N2CCN(C(=O)c3nnn4c3COC(c3ccc(F)cc3)C4)CC2)cc1F. The van der Waals surface area contributed by atoms with Gasteiger partial charge in [0, 0.05) is 31.7 Å². The molecule has 0 aliphatic carbocycles. The van der Waals surface area contributed by atoms with E-state index < -0.39 is 5.82 Å². The highest BCUT2D eigenvalue weighted by Gasteiger charge is 2.32. The van der Waals surface area contributed by atoms with E-state index in [1.165, 1.54) is 31.4 Å². The molecule has 2 aromatic carbocycles. The Labute approximate surface area is 199 Å². The minimum absolute atomic E-state index is 0.0712. The molecule has 9 nitrogen and oxygen atoms in total. The molecule has 0 saturated carbocycles. The molecule has 2 aliphatic heterocycles. The van der Waals surface area contributed by atoms with Crippen LogP contribution in [0.5, 0.6) is 5.75 Å². The van der Waals surface area contributed by atoms with Crippen LogP contribution in [0.25, 0.3) is 0 Å². The van der Waals surface area contributed by atoms with E-state index in [0.29, 0.717) is 38.4 Å². The number of methoxy groups -OCH3 is 1. The molecule has 2 amide bonds. The van der Waals surface area contributed by atoms with Gasteiger partial charge in [-0.3, -0.25) is 9.59 Å². The first-order valence-corrected chi connectivity index (χ1v) is 11.2. The number of piperazine rings is 1. The number of hydrogen-bond acceptors (Lipinski definition) is 6. The van der Waals surface area contributed by atoms with Crippen molar-refractivity contribution in [1.82, 2.24) is 24.8 Å². The Morgan fingerprint density at radius 2 is 1.69 bits per heavy atom. The van der Waals surface area contributed by atoms with Crippen molar-refractivity contribution in [2.24, 2.45) is 0 Å². The Morgan fingerprint density at radius 3 is 2.34 bits per heavy atom. The summed E-state index contributed by atoms with van der Waals surface area (Å²) >= 11 is 0. The second-order valence-electron chi connectivity index (χ2n) is 8.35. The van der Waals surface area contributed by atoms with E-state index in [1.807, 2.05) is 0 Å². The summed E-state index contributed by atoms with van der Waals surface area (Å²) in [6, 6.07) is 10.2. The predicted molar refractivity (Wildman–Crippen MR) is 119 cm³/mol. The van der Waals surface area contributed by atoms with Crippen LogP contribution in [0, 0.1) is 11.6 Å². The molecule has 5 rings (SSSR count). The molecule has 11 heteroatoms. The molecule has 1 atom stereocenters. The van der Waals surface area contributed by atoms with Gasteiger partial charge in [-0.1, -0.05) is 17.3 Å². The quantitative estimate of drug-likeness (QED) is 0.566. The van der Waals surface area contributed by atoms with Crippen molar-refractivity contribution >= 4 is 11.8 Å². The second kappa shape index (κ2) is 9.41. The summed E-state index contributed by atoms with van der Waals surface area (Å²) < 4.78 is 39.6. The average Bonchev–Trinajstić information content (AvgIpc) is 3.31. The maximum Gasteiger partial charge on any atom is 0.276 e. The number of hydrogen-bond donors (Lipinski definition) is 0. The lowest BCUT2D eigenvalue weighted by atomic mass is 10.1. The molecule has 1 unspecified atom stereocenters.